The van der Waals surface area contributed by atoms with Crippen LogP contribution in [0, 0.1) is 5.92 Å². The maximum Gasteiger partial charge on any atom is 0.317 e. The molecule has 2 rings (SSSR count). The van der Waals surface area contributed by atoms with Gasteiger partial charge in [-0.25, -0.2) is 4.79 Å². The van der Waals surface area contributed by atoms with Crippen LogP contribution in [0.15, 0.2) is 0 Å². The molecule has 1 heterocycles. The predicted molar refractivity (Wildman–Crippen MR) is 71.0 cm³/mol. The fourth-order valence-corrected chi connectivity index (χ4v) is 2.64. The fourth-order valence-electron chi connectivity index (χ4n) is 2.64. The first-order valence-corrected chi connectivity index (χ1v) is 7.06. The Morgan fingerprint density at radius 2 is 1.89 bits per heavy atom. The summed E-state index contributed by atoms with van der Waals surface area (Å²) in [6, 6.07) is 0.243. The summed E-state index contributed by atoms with van der Waals surface area (Å²) in [6.07, 6.45) is 3.71. The average molecular weight is 269 g/mol. The van der Waals surface area contributed by atoms with E-state index in [4.69, 9.17) is 5.11 Å². The quantitative estimate of drug-likeness (QED) is 0.783. The second-order valence-corrected chi connectivity index (χ2v) is 5.59. The Balaban J connectivity index is 1.71. The first-order chi connectivity index (χ1) is 9.06. The molecule has 1 atom stereocenters. The first kappa shape index (κ1) is 14.1. The monoisotopic (exact) mass is 269 g/mol. The zero-order valence-corrected chi connectivity index (χ0v) is 11.5. The summed E-state index contributed by atoms with van der Waals surface area (Å²) in [7, 11) is 0. The molecule has 0 bridgehead atoms. The molecule has 0 aromatic carbocycles. The van der Waals surface area contributed by atoms with E-state index in [9.17, 15) is 9.59 Å². The van der Waals surface area contributed by atoms with Gasteiger partial charge in [-0.05, 0) is 25.7 Å². The molecule has 1 saturated carbocycles. The van der Waals surface area contributed by atoms with Crippen molar-refractivity contribution in [3.63, 3.8) is 0 Å². The number of piperazine rings is 1. The first-order valence-electron chi connectivity index (χ1n) is 7.06. The van der Waals surface area contributed by atoms with Gasteiger partial charge >= 0.3 is 12.0 Å². The van der Waals surface area contributed by atoms with E-state index < -0.39 is 5.97 Å². The fraction of sp³-hybridized carbons (Fsp3) is 0.846. The molecule has 0 radical (unpaired) electrons. The molecule has 0 spiro atoms. The van der Waals surface area contributed by atoms with Gasteiger partial charge in [0.2, 0.25) is 0 Å². The number of nitrogens with one attached hydrogen (secondary N) is 1. The van der Waals surface area contributed by atoms with Crippen LogP contribution < -0.4 is 5.32 Å². The van der Waals surface area contributed by atoms with Crippen LogP contribution in [0.4, 0.5) is 4.79 Å². The number of nitrogens with zero attached hydrogens (tertiary/aromatic N) is 2. The number of hydrogen-bond donors (Lipinski definition) is 2. The molecule has 2 aliphatic rings. The lowest BCUT2D eigenvalue weighted by Gasteiger charge is -2.37. The molecule has 0 aromatic heterocycles. The Kier molecular flexibility index (Phi) is 4.63. The average Bonchev–Trinajstić information content (AvgIpc) is 2.26. The van der Waals surface area contributed by atoms with Crippen molar-refractivity contribution in [1.29, 1.82) is 0 Å². The van der Waals surface area contributed by atoms with Crippen molar-refractivity contribution in [2.75, 3.05) is 32.7 Å². The molecule has 6 heteroatoms. The molecular formula is C13H23N3O3. The summed E-state index contributed by atoms with van der Waals surface area (Å²) in [6.45, 7) is 4.62. The van der Waals surface area contributed by atoms with E-state index in [1.54, 1.807) is 4.90 Å². The van der Waals surface area contributed by atoms with Gasteiger partial charge in [0, 0.05) is 32.2 Å². The number of carboxylic acid groups (broad SMARTS) is 1. The predicted octanol–water partition coefficient (Wildman–Crippen LogP) is 0.587. The maximum atomic E-state index is 12.1. The van der Waals surface area contributed by atoms with E-state index in [0.717, 1.165) is 0 Å². The summed E-state index contributed by atoms with van der Waals surface area (Å²) in [5.74, 6) is -0.172. The van der Waals surface area contributed by atoms with Gasteiger partial charge in [0.1, 0.15) is 0 Å². The minimum atomic E-state index is -0.809. The van der Waals surface area contributed by atoms with Crippen LogP contribution >= 0.6 is 0 Å². The summed E-state index contributed by atoms with van der Waals surface area (Å²) in [5, 5.41) is 11.8. The number of urea groups is 1. The van der Waals surface area contributed by atoms with E-state index in [1.807, 2.05) is 4.90 Å². The molecule has 1 saturated heterocycles. The van der Waals surface area contributed by atoms with E-state index >= 15 is 0 Å². The van der Waals surface area contributed by atoms with Gasteiger partial charge in [0.15, 0.2) is 0 Å². The molecule has 1 unspecified atom stereocenters. The van der Waals surface area contributed by atoms with Gasteiger partial charge in [-0.1, -0.05) is 6.42 Å². The van der Waals surface area contributed by atoms with Crippen molar-refractivity contribution in [3.8, 4) is 0 Å². The number of rotatable bonds is 4. The van der Waals surface area contributed by atoms with E-state index in [1.165, 1.54) is 19.3 Å². The van der Waals surface area contributed by atoms with Crippen LogP contribution in [-0.2, 0) is 4.79 Å². The van der Waals surface area contributed by atoms with Crippen LogP contribution in [0.3, 0.4) is 0 Å². The molecule has 19 heavy (non-hydrogen) atoms. The topological polar surface area (TPSA) is 72.9 Å². The summed E-state index contributed by atoms with van der Waals surface area (Å²) in [4.78, 5) is 26.3. The number of hydrogen-bond acceptors (Lipinski definition) is 3. The molecule has 2 fully saturated rings. The van der Waals surface area contributed by atoms with Crippen LogP contribution in [-0.4, -0.2) is 65.7 Å². The lowest BCUT2D eigenvalue weighted by molar-refractivity contribution is -0.138. The second kappa shape index (κ2) is 6.23. The minimum absolute atomic E-state index is 0.00521. The van der Waals surface area contributed by atoms with Crippen molar-refractivity contribution in [3.05, 3.63) is 0 Å². The van der Waals surface area contributed by atoms with Crippen LogP contribution in [0.2, 0.25) is 0 Å². The molecule has 2 N–H and O–H groups in total. The van der Waals surface area contributed by atoms with Gasteiger partial charge in [0.25, 0.3) is 0 Å². The molecule has 1 aliphatic heterocycles. The van der Waals surface area contributed by atoms with Gasteiger partial charge < -0.3 is 15.3 Å². The highest BCUT2D eigenvalue weighted by atomic mass is 16.4. The van der Waals surface area contributed by atoms with E-state index in [2.05, 4.69) is 12.2 Å². The minimum Gasteiger partial charge on any atom is -0.480 e. The van der Waals surface area contributed by atoms with Crippen molar-refractivity contribution in [2.45, 2.75) is 32.2 Å². The normalized spacial score (nSPS) is 22.7. The Morgan fingerprint density at radius 1 is 1.26 bits per heavy atom. The molecule has 2 amide bonds. The van der Waals surface area contributed by atoms with Crippen LogP contribution in [0.25, 0.3) is 0 Å². The second-order valence-electron chi connectivity index (χ2n) is 5.59. The number of aliphatic carboxylic acids is 1. The summed E-state index contributed by atoms with van der Waals surface area (Å²) in [5.41, 5.74) is 0. The third-order valence-electron chi connectivity index (χ3n) is 4.23. The molecule has 1 aliphatic carbocycles. The molecule has 0 aromatic rings. The Hall–Kier alpha value is -1.30. The Morgan fingerprint density at radius 3 is 2.37 bits per heavy atom. The highest BCUT2D eigenvalue weighted by molar-refractivity contribution is 5.74. The number of amides is 2. The highest BCUT2D eigenvalue weighted by Crippen LogP contribution is 2.29. The van der Waals surface area contributed by atoms with Crippen molar-refractivity contribution in [1.82, 2.24) is 15.1 Å². The molecule has 108 valence electrons. The third-order valence-corrected chi connectivity index (χ3v) is 4.23. The Bertz CT molecular complexity index is 336. The van der Waals surface area contributed by atoms with Crippen LogP contribution in [0.1, 0.15) is 26.2 Å². The largest absolute Gasteiger partial charge is 0.480 e. The number of carboxylic acids is 1. The van der Waals surface area contributed by atoms with Gasteiger partial charge in [-0.2, -0.15) is 0 Å². The van der Waals surface area contributed by atoms with Gasteiger partial charge in [0.05, 0.1) is 6.54 Å². The lowest BCUT2D eigenvalue weighted by Crippen LogP contribution is -2.54. The standard InChI is InChI=1S/C13H23N3O3/c1-10(11-3-2-4-11)14-13(19)16-7-5-15(6-8-16)9-12(17)18/h10-11H,2-9H2,1H3,(H,14,19)(H,17,18). The van der Waals surface area contributed by atoms with E-state index in [-0.39, 0.29) is 18.6 Å². The zero-order chi connectivity index (χ0) is 13.8. The summed E-state index contributed by atoms with van der Waals surface area (Å²) < 4.78 is 0. The summed E-state index contributed by atoms with van der Waals surface area (Å²) >= 11 is 0. The third kappa shape index (κ3) is 3.83. The zero-order valence-electron chi connectivity index (χ0n) is 11.5. The van der Waals surface area contributed by atoms with E-state index in [0.29, 0.717) is 32.1 Å². The Labute approximate surface area is 113 Å². The SMILES string of the molecule is CC(NC(=O)N1CCN(CC(=O)O)CC1)C1CCC1. The van der Waals surface area contributed by atoms with Crippen molar-refractivity contribution >= 4 is 12.0 Å². The van der Waals surface area contributed by atoms with Gasteiger partial charge in [-0.3, -0.25) is 9.69 Å². The number of carbonyl (C=O) groups excluding carboxylic acids is 1. The van der Waals surface area contributed by atoms with Crippen molar-refractivity contribution in [2.24, 2.45) is 5.92 Å². The maximum absolute atomic E-state index is 12.1. The molecular weight excluding hydrogens is 246 g/mol. The lowest BCUT2D eigenvalue weighted by atomic mass is 9.80. The number of carbonyl (C=O) groups is 2. The van der Waals surface area contributed by atoms with Gasteiger partial charge in [-0.15, -0.1) is 0 Å². The highest BCUT2D eigenvalue weighted by Gasteiger charge is 2.28. The smallest absolute Gasteiger partial charge is 0.317 e. The molecule has 6 nitrogen and oxygen atoms in total. The van der Waals surface area contributed by atoms with Crippen molar-refractivity contribution < 1.29 is 14.7 Å². The van der Waals surface area contributed by atoms with Crippen LogP contribution in [0.5, 0.6) is 0 Å².